The minimum Gasteiger partial charge on any atom is -0.393 e. The molecule has 1 fully saturated rings. The van der Waals surface area contributed by atoms with Gasteiger partial charge in [0.1, 0.15) is 11.4 Å². The molecule has 6 nitrogen and oxygen atoms in total. The van der Waals surface area contributed by atoms with Gasteiger partial charge in [-0.3, -0.25) is 9.45 Å². The van der Waals surface area contributed by atoms with Crippen LogP contribution in [-0.2, 0) is 21.4 Å². The van der Waals surface area contributed by atoms with Gasteiger partial charge in [-0.05, 0) is 5.56 Å². The zero-order chi connectivity index (χ0) is 14.6. The van der Waals surface area contributed by atoms with E-state index < -0.39 is 28.1 Å². The van der Waals surface area contributed by atoms with Gasteiger partial charge in [-0.2, -0.15) is 8.42 Å². The van der Waals surface area contributed by atoms with Crippen LogP contribution in [0.1, 0.15) is 5.56 Å². The molecule has 0 radical (unpaired) electrons. The fourth-order valence-electron chi connectivity index (χ4n) is 2.46. The van der Waals surface area contributed by atoms with Crippen LogP contribution in [0.15, 0.2) is 30.3 Å². The van der Waals surface area contributed by atoms with Crippen LogP contribution >= 0.6 is 0 Å². The van der Waals surface area contributed by atoms with Crippen LogP contribution in [0.2, 0.25) is 0 Å². The summed E-state index contributed by atoms with van der Waals surface area (Å²) in [6.45, 7) is 1.44. The standard InChI is InChI=1S/C13H19NO5S/c15-10-13(11-20(16,17)18)9-14(6-7-19-13)8-12-4-2-1-3-5-12/h1-5,15H,6-11H2,(H,16,17,18). The number of benzene rings is 1. The normalized spacial score (nSPS) is 24.7. The maximum atomic E-state index is 11.1. The Bertz CT molecular complexity index is 533. The molecule has 1 saturated heterocycles. The maximum Gasteiger partial charge on any atom is 0.267 e. The highest BCUT2D eigenvalue weighted by atomic mass is 32.2. The summed E-state index contributed by atoms with van der Waals surface area (Å²) in [6.07, 6.45) is 0. The third kappa shape index (κ3) is 4.26. The summed E-state index contributed by atoms with van der Waals surface area (Å²) in [5, 5.41) is 9.46. The van der Waals surface area contributed by atoms with E-state index in [0.29, 0.717) is 19.7 Å². The lowest BCUT2D eigenvalue weighted by Gasteiger charge is -2.41. The topological polar surface area (TPSA) is 87.1 Å². The Morgan fingerprint density at radius 2 is 2.00 bits per heavy atom. The summed E-state index contributed by atoms with van der Waals surface area (Å²) >= 11 is 0. The lowest BCUT2D eigenvalue weighted by atomic mass is 10.0. The van der Waals surface area contributed by atoms with E-state index >= 15 is 0 Å². The van der Waals surface area contributed by atoms with Gasteiger partial charge in [0, 0.05) is 19.6 Å². The number of aliphatic hydroxyl groups is 1. The summed E-state index contributed by atoms with van der Waals surface area (Å²) in [6, 6.07) is 9.78. The number of hydrogen-bond acceptors (Lipinski definition) is 5. The van der Waals surface area contributed by atoms with Gasteiger partial charge in [0.2, 0.25) is 0 Å². The summed E-state index contributed by atoms with van der Waals surface area (Å²) in [5.74, 6) is -0.595. The maximum absolute atomic E-state index is 11.1. The molecule has 1 aromatic rings. The smallest absolute Gasteiger partial charge is 0.267 e. The van der Waals surface area contributed by atoms with Crippen molar-refractivity contribution in [1.29, 1.82) is 0 Å². The van der Waals surface area contributed by atoms with E-state index in [-0.39, 0.29) is 6.54 Å². The van der Waals surface area contributed by atoms with Gasteiger partial charge in [-0.15, -0.1) is 0 Å². The van der Waals surface area contributed by atoms with E-state index in [0.717, 1.165) is 5.56 Å². The molecule has 0 aliphatic carbocycles. The average Bonchev–Trinajstić information content (AvgIpc) is 2.38. The van der Waals surface area contributed by atoms with Gasteiger partial charge >= 0.3 is 0 Å². The summed E-state index contributed by atoms with van der Waals surface area (Å²) < 4.78 is 36.6. The van der Waals surface area contributed by atoms with Crippen molar-refractivity contribution in [2.45, 2.75) is 12.1 Å². The van der Waals surface area contributed by atoms with E-state index in [1.807, 2.05) is 35.2 Å². The molecule has 20 heavy (non-hydrogen) atoms. The van der Waals surface area contributed by atoms with E-state index in [9.17, 15) is 13.5 Å². The largest absolute Gasteiger partial charge is 0.393 e. The van der Waals surface area contributed by atoms with Gasteiger partial charge in [0.05, 0.1) is 13.2 Å². The Morgan fingerprint density at radius 3 is 2.60 bits per heavy atom. The van der Waals surface area contributed by atoms with Gasteiger partial charge in [-0.25, -0.2) is 0 Å². The highest BCUT2D eigenvalue weighted by Gasteiger charge is 2.40. The Labute approximate surface area is 118 Å². The van der Waals surface area contributed by atoms with Crippen molar-refractivity contribution in [1.82, 2.24) is 4.90 Å². The van der Waals surface area contributed by atoms with Crippen LogP contribution < -0.4 is 0 Å². The van der Waals surface area contributed by atoms with Crippen LogP contribution in [0.25, 0.3) is 0 Å². The minimum absolute atomic E-state index is 0.262. The van der Waals surface area contributed by atoms with Crippen molar-refractivity contribution in [3.05, 3.63) is 35.9 Å². The molecule has 1 aromatic carbocycles. The first-order valence-electron chi connectivity index (χ1n) is 6.39. The van der Waals surface area contributed by atoms with Gasteiger partial charge < -0.3 is 9.84 Å². The Balaban J connectivity index is 2.06. The molecule has 1 aliphatic rings. The van der Waals surface area contributed by atoms with Gasteiger partial charge in [0.25, 0.3) is 10.1 Å². The quantitative estimate of drug-likeness (QED) is 0.752. The van der Waals surface area contributed by atoms with Crippen molar-refractivity contribution in [3.8, 4) is 0 Å². The molecule has 2 rings (SSSR count). The summed E-state index contributed by atoms with van der Waals surface area (Å²) in [4.78, 5) is 2.01. The highest BCUT2D eigenvalue weighted by molar-refractivity contribution is 7.85. The molecule has 0 aromatic heterocycles. The number of nitrogens with zero attached hydrogens (tertiary/aromatic N) is 1. The zero-order valence-corrected chi connectivity index (χ0v) is 11.9. The molecule has 2 N–H and O–H groups in total. The number of morpholine rings is 1. The van der Waals surface area contributed by atoms with E-state index in [4.69, 9.17) is 9.29 Å². The first-order chi connectivity index (χ1) is 9.42. The summed E-state index contributed by atoms with van der Waals surface area (Å²) in [7, 11) is -4.20. The molecule has 0 amide bonds. The van der Waals surface area contributed by atoms with Crippen molar-refractivity contribution >= 4 is 10.1 Å². The van der Waals surface area contributed by atoms with E-state index in [1.165, 1.54) is 0 Å². The first-order valence-corrected chi connectivity index (χ1v) is 8.00. The molecule has 0 saturated carbocycles. The van der Waals surface area contributed by atoms with Crippen LogP contribution in [0.3, 0.4) is 0 Å². The lowest BCUT2D eigenvalue weighted by Crippen LogP contribution is -2.57. The second kappa shape index (κ2) is 6.19. The number of aliphatic hydroxyl groups excluding tert-OH is 1. The molecule has 1 unspecified atom stereocenters. The molecule has 7 heteroatoms. The fourth-order valence-corrected chi connectivity index (χ4v) is 3.39. The molecule has 112 valence electrons. The Kier molecular flexibility index (Phi) is 4.77. The van der Waals surface area contributed by atoms with E-state index in [1.54, 1.807) is 0 Å². The zero-order valence-electron chi connectivity index (χ0n) is 11.1. The van der Waals surface area contributed by atoms with E-state index in [2.05, 4.69) is 0 Å². The number of hydrogen-bond donors (Lipinski definition) is 2. The monoisotopic (exact) mass is 301 g/mol. The predicted octanol–water partition coefficient (Wildman–Crippen LogP) is 0.138. The van der Waals surface area contributed by atoms with Crippen LogP contribution in [0.5, 0.6) is 0 Å². The lowest BCUT2D eigenvalue weighted by molar-refractivity contribution is -0.121. The third-order valence-electron chi connectivity index (χ3n) is 3.31. The molecule has 1 aliphatic heterocycles. The molecule has 1 heterocycles. The SMILES string of the molecule is O=S(=O)(O)CC1(CO)CN(Cc2ccccc2)CCO1. The fraction of sp³-hybridized carbons (Fsp3) is 0.538. The third-order valence-corrected chi connectivity index (χ3v) is 4.20. The highest BCUT2D eigenvalue weighted by Crippen LogP contribution is 2.21. The molecule has 1 atom stereocenters. The first kappa shape index (κ1) is 15.4. The van der Waals surface area contributed by atoms with Crippen LogP contribution in [0, 0.1) is 0 Å². The predicted molar refractivity (Wildman–Crippen MR) is 73.9 cm³/mol. The number of ether oxygens (including phenoxy) is 1. The van der Waals surface area contributed by atoms with Crippen molar-refractivity contribution in [2.75, 3.05) is 32.1 Å². The number of rotatable bonds is 5. The second-order valence-corrected chi connectivity index (χ2v) is 6.56. The minimum atomic E-state index is -4.20. The Morgan fingerprint density at radius 1 is 1.30 bits per heavy atom. The molecule has 0 spiro atoms. The van der Waals surface area contributed by atoms with Crippen LogP contribution in [0.4, 0.5) is 0 Å². The van der Waals surface area contributed by atoms with Gasteiger partial charge in [0.15, 0.2) is 0 Å². The second-order valence-electron chi connectivity index (χ2n) is 5.11. The van der Waals surface area contributed by atoms with Gasteiger partial charge in [-0.1, -0.05) is 30.3 Å². The summed E-state index contributed by atoms with van der Waals surface area (Å²) in [5.41, 5.74) is -0.145. The molecular weight excluding hydrogens is 282 g/mol. The molecular formula is C13H19NO5S. The van der Waals surface area contributed by atoms with Crippen molar-refractivity contribution in [2.24, 2.45) is 0 Å². The van der Waals surface area contributed by atoms with Crippen molar-refractivity contribution < 1.29 is 22.8 Å². The van der Waals surface area contributed by atoms with Crippen molar-refractivity contribution in [3.63, 3.8) is 0 Å². The van der Waals surface area contributed by atoms with Crippen LogP contribution in [-0.4, -0.2) is 60.6 Å². The Hall–Kier alpha value is -0.990. The average molecular weight is 301 g/mol. The molecule has 0 bridgehead atoms.